The smallest absolute Gasteiger partial charge is 0.339 e. The maximum atomic E-state index is 12.6. The molecule has 0 saturated carbocycles. The van der Waals surface area contributed by atoms with Gasteiger partial charge in [0.2, 0.25) is 5.91 Å². The minimum atomic E-state index is -0.558. The number of methoxy groups -OCH3 is 1. The average Bonchev–Trinajstić information content (AvgIpc) is 2.97. The molecule has 0 aliphatic heterocycles. The highest BCUT2D eigenvalue weighted by atomic mass is 35.5. The van der Waals surface area contributed by atoms with Crippen molar-refractivity contribution < 1.29 is 14.3 Å². The van der Waals surface area contributed by atoms with Gasteiger partial charge in [-0.15, -0.1) is 0 Å². The van der Waals surface area contributed by atoms with E-state index in [0.29, 0.717) is 5.69 Å². The lowest BCUT2D eigenvalue weighted by Gasteiger charge is -2.09. The number of aryl methyl sites for hydroxylation is 1. The van der Waals surface area contributed by atoms with E-state index in [4.69, 9.17) is 16.3 Å². The minimum absolute atomic E-state index is 0.167. The van der Waals surface area contributed by atoms with Crippen LogP contribution in [0.5, 0.6) is 0 Å². The molecule has 0 spiro atoms. The van der Waals surface area contributed by atoms with Crippen molar-refractivity contribution in [1.82, 2.24) is 9.78 Å². The molecule has 0 fully saturated rings. The van der Waals surface area contributed by atoms with Gasteiger partial charge in [0, 0.05) is 16.9 Å². The quantitative estimate of drug-likeness (QED) is 0.657. The summed E-state index contributed by atoms with van der Waals surface area (Å²) in [7, 11) is 1.28. The highest BCUT2D eigenvalue weighted by Gasteiger charge is 2.17. The number of anilines is 1. The van der Waals surface area contributed by atoms with E-state index in [2.05, 4.69) is 10.4 Å². The lowest BCUT2D eigenvalue weighted by molar-refractivity contribution is -0.115. The van der Waals surface area contributed by atoms with E-state index in [1.165, 1.54) is 13.2 Å². The Morgan fingerprint density at radius 3 is 2.54 bits per heavy atom. The van der Waals surface area contributed by atoms with Gasteiger partial charge < -0.3 is 10.1 Å². The first kappa shape index (κ1) is 19.6. The molecule has 0 aliphatic carbocycles. The molecule has 1 heterocycles. The maximum Gasteiger partial charge on any atom is 0.339 e. The fraction of sp³-hybridized carbons (Fsp3) is 0.190. The minimum Gasteiger partial charge on any atom is -0.465 e. The van der Waals surface area contributed by atoms with Gasteiger partial charge in [0.1, 0.15) is 0 Å². The third kappa shape index (κ3) is 4.07. The summed E-state index contributed by atoms with van der Waals surface area (Å²) in [6.45, 7) is 3.82. The molecule has 6 nitrogen and oxygen atoms in total. The zero-order valence-electron chi connectivity index (χ0n) is 15.8. The molecule has 144 valence electrons. The standard InChI is InChI=1S/C21H20ClN3O3/c1-13-17(14(2)25(24-13)16-7-5-4-6-8-16)12-20(26)23-15-9-10-19(22)18(11-15)21(27)28-3/h4-11H,12H2,1-3H3,(H,23,26). The van der Waals surface area contributed by atoms with Crippen LogP contribution in [-0.4, -0.2) is 28.8 Å². The van der Waals surface area contributed by atoms with Crippen LogP contribution in [0.1, 0.15) is 27.3 Å². The van der Waals surface area contributed by atoms with Gasteiger partial charge in [0.25, 0.3) is 0 Å². The maximum absolute atomic E-state index is 12.6. The number of aromatic nitrogens is 2. The zero-order valence-corrected chi connectivity index (χ0v) is 16.6. The van der Waals surface area contributed by atoms with Gasteiger partial charge in [0.15, 0.2) is 0 Å². The Morgan fingerprint density at radius 1 is 1.14 bits per heavy atom. The second-order valence-electron chi connectivity index (χ2n) is 6.31. The van der Waals surface area contributed by atoms with Gasteiger partial charge in [-0.05, 0) is 44.2 Å². The molecule has 0 saturated heterocycles. The van der Waals surface area contributed by atoms with Crippen LogP contribution < -0.4 is 5.32 Å². The number of esters is 1. The van der Waals surface area contributed by atoms with E-state index in [1.807, 2.05) is 48.9 Å². The van der Waals surface area contributed by atoms with Crippen LogP contribution >= 0.6 is 11.6 Å². The SMILES string of the molecule is COC(=O)c1cc(NC(=O)Cc2c(C)nn(-c3ccccc3)c2C)ccc1Cl. The average molecular weight is 398 g/mol. The summed E-state index contributed by atoms with van der Waals surface area (Å²) in [4.78, 5) is 24.3. The molecule has 1 N–H and O–H groups in total. The molecule has 1 aromatic heterocycles. The predicted molar refractivity (Wildman–Crippen MR) is 108 cm³/mol. The van der Waals surface area contributed by atoms with E-state index in [1.54, 1.807) is 12.1 Å². The number of rotatable bonds is 5. The van der Waals surface area contributed by atoms with Crippen molar-refractivity contribution in [2.75, 3.05) is 12.4 Å². The molecule has 3 rings (SSSR count). The molecule has 1 amide bonds. The number of carbonyl (C=O) groups excluding carboxylic acids is 2. The van der Waals surface area contributed by atoms with Crippen LogP contribution in [-0.2, 0) is 16.0 Å². The number of halogens is 1. The van der Waals surface area contributed by atoms with Crippen LogP contribution in [0.4, 0.5) is 5.69 Å². The van der Waals surface area contributed by atoms with Crippen molar-refractivity contribution in [3.8, 4) is 5.69 Å². The normalized spacial score (nSPS) is 10.6. The molecular formula is C21H20ClN3O3. The van der Waals surface area contributed by atoms with Crippen molar-refractivity contribution >= 4 is 29.2 Å². The summed E-state index contributed by atoms with van der Waals surface area (Å²) in [5.74, 6) is -0.770. The number of nitrogens with one attached hydrogen (secondary N) is 1. The second kappa shape index (κ2) is 8.27. The van der Waals surface area contributed by atoms with Crippen LogP contribution in [0.3, 0.4) is 0 Å². The Hall–Kier alpha value is -3.12. The Balaban J connectivity index is 1.79. The fourth-order valence-electron chi connectivity index (χ4n) is 2.99. The molecule has 0 bridgehead atoms. The number of para-hydroxylation sites is 1. The van der Waals surface area contributed by atoms with Crippen molar-refractivity contribution in [3.05, 3.63) is 76.1 Å². The third-order valence-electron chi connectivity index (χ3n) is 4.43. The molecule has 7 heteroatoms. The van der Waals surface area contributed by atoms with Gasteiger partial charge in [-0.3, -0.25) is 4.79 Å². The van der Waals surface area contributed by atoms with Gasteiger partial charge in [0.05, 0.1) is 35.5 Å². The zero-order chi connectivity index (χ0) is 20.3. The van der Waals surface area contributed by atoms with E-state index in [9.17, 15) is 9.59 Å². The van der Waals surface area contributed by atoms with Crippen molar-refractivity contribution in [2.45, 2.75) is 20.3 Å². The summed E-state index contributed by atoms with van der Waals surface area (Å²) >= 11 is 6.01. The summed E-state index contributed by atoms with van der Waals surface area (Å²) < 4.78 is 6.53. The molecule has 0 aliphatic rings. The topological polar surface area (TPSA) is 73.2 Å². The van der Waals surface area contributed by atoms with Crippen molar-refractivity contribution in [1.29, 1.82) is 0 Å². The van der Waals surface area contributed by atoms with E-state index in [0.717, 1.165) is 22.6 Å². The summed E-state index contributed by atoms with van der Waals surface area (Å²) in [5, 5.41) is 7.62. The molecular weight excluding hydrogens is 378 g/mol. The number of carbonyl (C=O) groups is 2. The first-order valence-electron chi connectivity index (χ1n) is 8.69. The van der Waals surface area contributed by atoms with E-state index < -0.39 is 5.97 Å². The monoisotopic (exact) mass is 397 g/mol. The summed E-state index contributed by atoms with van der Waals surface area (Å²) in [6.07, 6.45) is 0.167. The number of hydrogen-bond donors (Lipinski definition) is 1. The fourth-order valence-corrected chi connectivity index (χ4v) is 3.18. The van der Waals surface area contributed by atoms with Crippen LogP contribution in [0.15, 0.2) is 48.5 Å². The van der Waals surface area contributed by atoms with Crippen LogP contribution in [0.25, 0.3) is 5.69 Å². The highest BCUT2D eigenvalue weighted by Crippen LogP contribution is 2.22. The molecule has 0 radical (unpaired) electrons. The number of amides is 1. The summed E-state index contributed by atoms with van der Waals surface area (Å²) in [5.41, 5.74) is 4.18. The molecule has 0 atom stereocenters. The van der Waals surface area contributed by atoms with Gasteiger partial charge in [-0.25, -0.2) is 9.48 Å². The first-order valence-corrected chi connectivity index (χ1v) is 9.06. The van der Waals surface area contributed by atoms with E-state index in [-0.39, 0.29) is 22.9 Å². The molecule has 28 heavy (non-hydrogen) atoms. The Bertz CT molecular complexity index is 1030. The van der Waals surface area contributed by atoms with Gasteiger partial charge in [-0.1, -0.05) is 29.8 Å². The van der Waals surface area contributed by atoms with Crippen molar-refractivity contribution in [3.63, 3.8) is 0 Å². The Morgan fingerprint density at radius 2 is 1.86 bits per heavy atom. The second-order valence-corrected chi connectivity index (χ2v) is 6.72. The third-order valence-corrected chi connectivity index (χ3v) is 4.76. The van der Waals surface area contributed by atoms with Gasteiger partial charge >= 0.3 is 5.97 Å². The Labute approximate surface area is 168 Å². The van der Waals surface area contributed by atoms with Crippen molar-refractivity contribution in [2.24, 2.45) is 0 Å². The summed E-state index contributed by atoms with van der Waals surface area (Å²) in [6, 6.07) is 14.4. The largest absolute Gasteiger partial charge is 0.465 e. The van der Waals surface area contributed by atoms with Crippen LogP contribution in [0.2, 0.25) is 5.02 Å². The van der Waals surface area contributed by atoms with E-state index >= 15 is 0 Å². The molecule has 2 aromatic carbocycles. The van der Waals surface area contributed by atoms with Gasteiger partial charge in [-0.2, -0.15) is 5.10 Å². The number of hydrogen-bond acceptors (Lipinski definition) is 4. The lowest BCUT2D eigenvalue weighted by atomic mass is 10.1. The first-order chi connectivity index (χ1) is 13.4. The lowest BCUT2D eigenvalue weighted by Crippen LogP contribution is -2.16. The highest BCUT2D eigenvalue weighted by molar-refractivity contribution is 6.33. The molecule has 0 unspecified atom stereocenters. The number of benzene rings is 2. The van der Waals surface area contributed by atoms with Crippen LogP contribution in [0, 0.1) is 13.8 Å². The Kier molecular flexibility index (Phi) is 5.80. The number of nitrogens with zero attached hydrogens (tertiary/aromatic N) is 2. The predicted octanol–water partition coefficient (Wildman–Crippen LogP) is 4.11. The molecule has 3 aromatic rings. The number of ether oxygens (including phenoxy) is 1.